The first-order valence-corrected chi connectivity index (χ1v) is 27.7. The minimum absolute atomic E-state index is 0.996. The van der Waals surface area contributed by atoms with Crippen LogP contribution >= 0.6 is 0 Å². The van der Waals surface area contributed by atoms with Crippen LogP contribution in [0.25, 0.3) is 0 Å². The smallest absolute Gasteiger partial charge is 0.426 e. The first-order chi connectivity index (χ1) is 12.2. The second-order valence-corrected chi connectivity index (χ2v) is 34.0. The Hall–Kier alpha value is 5.80. The molecule has 0 saturated heterocycles. The Balaban J connectivity index is -0.0000000829. The third kappa shape index (κ3) is 108. The Morgan fingerprint density at radius 2 is 0.414 bits per heavy atom. The van der Waals surface area contributed by atoms with E-state index in [9.17, 15) is 0 Å². The number of hydrogen-bond donors (Lipinski definition) is 0. The summed E-state index contributed by atoms with van der Waals surface area (Å²) < 4.78 is 20.8. The van der Waals surface area contributed by atoms with Crippen LogP contribution in [0.15, 0.2) is 0 Å². The molecule has 0 amide bonds. The van der Waals surface area contributed by atoms with E-state index in [0.29, 0.717) is 0 Å². The van der Waals surface area contributed by atoms with Gasteiger partial charge in [-0.3, -0.25) is 0 Å². The SMILES string of the molecule is C[Si](C)(C)[O][Ca+].C[Si](C)(C)[O][Ca+].C[Si](C)(C)[O][Ca+].C[Si](C)(C)[O][Ca+].[O-][Si]([O-])([O-])[O-]. The fourth-order valence-electron chi connectivity index (χ4n) is 0. The summed E-state index contributed by atoms with van der Waals surface area (Å²) in [5.41, 5.74) is 0. The molecule has 0 aliphatic rings. The molecule has 0 radical (unpaired) electrons. The van der Waals surface area contributed by atoms with Crippen molar-refractivity contribution in [2.75, 3.05) is 0 Å². The van der Waals surface area contributed by atoms with Crippen LogP contribution in [0.1, 0.15) is 0 Å². The molecular formula is C12H36Ca4O8Si5. The Labute approximate surface area is 283 Å². The maximum absolute atomic E-state index is 8.58. The van der Waals surface area contributed by atoms with Crippen molar-refractivity contribution in [3.63, 3.8) is 0 Å². The zero-order valence-corrected chi connectivity index (χ0v) is 34.4. The Morgan fingerprint density at radius 3 is 0.414 bits per heavy atom. The summed E-state index contributed by atoms with van der Waals surface area (Å²) in [5.74, 6) is 0. The summed E-state index contributed by atoms with van der Waals surface area (Å²) in [4.78, 5) is 34.3. The third-order valence-corrected chi connectivity index (χ3v) is 21.4. The van der Waals surface area contributed by atoms with Crippen molar-refractivity contribution in [3.05, 3.63) is 0 Å². The fourth-order valence-corrected chi connectivity index (χ4v) is 0. The predicted octanol–water partition coefficient (Wildman–Crippen LogP) is -1.45. The molecular weight excluding hydrogens is 573 g/mol. The van der Waals surface area contributed by atoms with E-state index in [1.54, 1.807) is 0 Å². The van der Waals surface area contributed by atoms with Gasteiger partial charge < -0.3 is 28.2 Å². The van der Waals surface area contributed by atoms with Crippen LogP contribution in [-0.2, 0) is 4.53 Å². The standard InChI is InChI=1S/4C3H9OSi.4Ca.O4Si/c4*1-5(2,3)4;;;;;1-5(2,3)4/h4*1-3H3;;;;;/q4*-1;4*+2;-4. The molecule has 0 rings (SSSR count). The van der Waals surface area contributed by atoms with Gasteiger partial charge in [-0.15, -0.1) is 0 Å². The van der Waals surface area contributed by atoms with Gasteiger partial charge in [0.05, 0.1) is 0 Å². The van der Waals surface area contributed by atoms with Crippen LogP contribution < -0.4 is 19.2 Å². The van der Waals surface area contributed by atoms with Gasteiger partial charge in [0.1, 0.15) is 0 Å². The number of rotatable bonds is 4. The summed E-state index contributed by atoms with van der Waals surface area (Å²) in [5, 5.41) is 0. The molecule has 160 valence electrons. The molecule has 0 fully saturated rings. The van der Waals surface area contributed by atoms with E-state index in [2.05, 4.69) is 78.6 Å². The van der Waals surface area contributed by atoms with Crippen LogP contribution in [-0.4, -0.2) is 188 Å². The molecule has 8 nitrogen and oxygen atoms in total. The monoisotopic (exact) mass is 608 g/mol. The van der Waals surface area contributed by atoms with E-state index < -0.39 is 42.3 Å². The molecule has 0 aromatic rings. The van der Waals surface area contributed by atoms with Crippen molar-refractivity contribution in [2.45, 2.75) is 78.6 Å². The Morgan fingerprint density at radius 1 is 0.379 bits per heavy atom. The minimum atomic E-state index is -5.61. The van der Waals surface area contributed by atoms with Gasteiger partial charge in [0.25, 0.3) is 0 Å². The van der Waals surface area contributed by atoms with Gasteiger partial charge in [0.2, 0.25) is 0 Å². The summed E-state index contributed by atoms with van der Waals surface area (Å²) in [7, 11) is -9.91. The van der Waals surface area contributed by atoms with E-state index in [-0.39, 0.29) is 0 Å². The van der Waals surface area contributed by atoms with Crippen molar-refractivity contribution in [1.82, 2.24) is 0 Å². The van der Waals surface area contributed by atoms with Crippen molar-refractivity contribution < 1.29 is 23.7 Å². The minimum Gasteiger partial charge on any atom is -0.894 e. The van der Waals surface area contributed by atoms with Crippen LogP contribution in [0.3, 0.4) is 0 Å². The van der Waals surface area contributed by atoms with Gasteiger partial charge >= 0.3 is 262 Å². The van der Waals surface area contributed by atoms with Gasteiger partial charge in [-0.25, -0.2) is 0 Å². The molecule has 0 aromatic carbocycles. The molecule has 29 heavy (non-hydrogen) atoms. The van der Waals surface area contributed by atoms with E-state index in [0.717, 1.165) is 145 Å². The van der Waals surface area contributed by atoms with Gasteiger partial charge in [0, 0.05) is 0 Å². The average Bonchev–Trinajstić information content (AvgIpc) is 2.44. The van der Waals surface area contributed by atoms with Crippen molar-refractivity contribution in [1.29, 1.82) is 0 Å². The first-order valence-electron chi connectivity index (χ1n) is 8.79. The van der Waals surface area contributed by atoms with Crippen LogP contribution in [0.2, 0.25) is 78.6 Å². The molecule has 0 aliphatic carbocycles. The molecule has 0 aliphatic heterocycles. The molecule has 0 atom stereocenters. The van der Waals surface area contributed by atoms with Gasteiger partial charge in [-0.2, -0.15) is 0 Å². The molecule has 17 heteroatoms. The van der Waals surface area contributed by atoms with E-state index in [1.807, 2.05) is 0 Å². The average molecular weight is 609 g/mol. The second-order valence-electron chi connectivity index (χ2n) is 9.53. The van der Waals surface area contributed by atoms with Crippen LogP contribution in [0, 0.1) is 0 Å². The predicted molar refractivity (Wildman–Crippen MR) is 126 cm³/mol. The van der Waals surface area contributed by atoms with Crippen molar-refractivity contribution in [2.24, 2.45) is 0 Å². The van der Waals surface area contributed by atoms with Gasteiger partial charge in [-0.1, -0.05) is 0 Å². The van der Waals surface area contributed by atoms with E-state index >= 15 is 0 Å². The summed E-state index contributed by atoms with van der Waals surface area (Å²) in [6.07, 6.45) is 0. The maximum atomic E-state index is 8.58. The van der Waals surface area contributed by atoms with Crippen molar-refractivity contribution in [3.8, 4) is 0 Å². The fraction of sp³-hybridized carbons (Fsp3) is 1.00. The summed E-state index contributed by atoms with van der Waals surface area (Å²) in [6, 6.07) is 0. The Bertz CT molecular complexity index is 291. The zero-order chi connectivity index (χ0) is 25.3. The molecule has 0 spiro atoms. The quantitative estimate of drug-likeness (QED) is 0.355. The molecule has 0 aromatic heterocycles. The Kier molecular flexibility index (Phi) is 35.4. The van der Waals surface area contributed by atoms with Crippen LogP contribution in [0.4, 0.5) is 0 Å². The van der Waals surface area contributed by atoms with Gasteiger partial charge in [0.15, 0.2) is 0 Å². The van der Waals surface area contributed by atoms with E-state index in [1.165, 1.54) is 0 Å². The van der Waals surface area contributed by atoms with Crippen molar-refractivity contribution >= 4 is 188 Å². The molecule has 0 N–H and O–H groups in total. The molecule has 0 bridgehead atoms. The zero-order valence-electron chi connectivity index (χ0n) is 20.6. The molecule has 0 heterocycles. The summed E-state index contributed by atoms with van der Waals surface area (Å²) in [6.45, 7) is 26.3. The topological polar surface area (TPSA) is 129 Å². The third-order valence-electron chi connectivity index (χ3n) is 1.73. The first kappa shape index (κ1) is 44.8. The second kappa shape index (κ2) is 23.0. The maximum Gasteiger partial charge on any atom is -0.426 e. The van der Waals surface area contributed by atoms with Gasteiger partial charge in [-0.05, 0) is 0 Å². The normalized spacial score (nSPS) is 12.1. The molecule has 0 saturated carbocycles. The molecule has 0 unspecified atom stereocenters. The summed E-state index contributed by atoms with van der Waals surface area (Å²) >= 11 is 3.98. The van der Waals surface area contributed by atoms with E-state index in [4.69, 9.17) is 23.7 Å². The number of hydrogen-bond acceptors (Lipinski definition) is 8. The largest absolute Gasteiger partial charge is 0.894 e. The van der Waals surface area contributed by atoms with Crippen LogP contribution in [0.5, 0.6) is 0 Å².